The van der Waals surface area contributed by atoms with Gasteiger partial charge in [-0.15, -0.1) is 0 Å². The van der Waals surface area contributed by atoms with Gasteiger partial charge in [0.25, 0.3) is 5.69 Å². The van der Waals surface area contributed by atoms with Crippen molar-refractivity contribution in [3.8, 4) is 22.6 Å². The number of para-hydroxylation sites is 3. The average Bonchev–Trinajstić information content (AvgIpc) is 2.92. The summed E-state index contributed by atoms with van der Waals surface area (Å²) in [5, 5.41) is 10.0. The van der Waals surface area contributed by atoms with Crippen molar-refractivity contribution in [3.63, 3.8) is 0 Å². The van der Waals surface area contributed by atoms with Gasteiger partial charge in [-0.2, -0.15) is 0 Å². The standard InChI is InChI=1S/C21H19NO8P2/c1-27-31(25,28-2)21(17-11-3-6-12-18(17)22(23)24)32(26)29-19-13-7-4-9-15(19)16-10-5-8-14-20(16)30-32/h3-14,21H,1-2H3. The third kappa shape index (κ3) is 3.74. The third-order valence-electron chi connectivity index (χ3n) is 5.04. The van der Waals surface area contributed by atoms with Crippen LogP contribution in [-0.2, 0) is 18.2 Å². The number of hydrogen-bond donors (Lipinski definition) is 0. The Bertz CT molecular complexity index is 1220. The molecule has 0 N–H and O–H groups in total. The highest BCUT2D eigenvalue weighted by atomic mass is 31.2. The summed E-state index contributed by atoms with van der Waals surface area (Å²) in [6.07, 6.45) is 0. The van der Waals surface area contributed by atoms with Gasteiger partial charge >= 0.3 is 15.2 Å². The van der Waals surface area contributed by atoms with Crippen LogP contribution in [0.4, 0.5) is 5.69 Å². The Morgan fingerprint density at radius 1 is 0.875 bits per heavy atom. The van der Waals surface area contributed by atoms with E-state index in [9.17, 15) is 19.2 Å². The molecule has 0 fully saturated rings. The molecular weight excluding hydrogens is 456 g/mol. The predicted octanol–water partition coefficient (Wildman–Crippen LogP) is 6.41. The van der Waals surface area contributed by atoms with Crippen molar-refractivity contribution in [1.29, 1.82) is 0 Å². The Kier molecular flexibility index (Phi) is 5.93. The summed E-state index contributed by atoms with van der Waals surface area (Å²) in [5.41, 5.74) is 0.642. The van der Waals surface area contributed by atoms with Crippen LogP contribution < -0.4 is 9.05 Å². The fourth-order valence-corrected chi connectivity index (χ4v) is 8.59. The Morgan fingerprint density at radius 3 is 1.84 bits per heavy atom. The molecule has 0 saturated carbocycles. The van der Waals surface area contributed by atoms with E-state index in [-0.39, 0.29) is 17.1 Å². The van der Waals surface area contributed by atoms with Gasteiger partial charge in [0.1, 0.15) is 11.5 Å². The molecule has 0 aromatic heterocycles. The molecule has 9 nitrogen and oxygen atoms in total. The van der Waals surface area contributed by atoms with Gasteiger partial charge in [0.2, 0.25) is 5.40 Å². The highest BCUT2D eigenvalue weighted by Gasteiger charge is 2.57. The van der Waals surface area contributed by atoms with Crippen molar-refractivity contribution in [2.45, 2.75) is 5.40 Å². The van der Waals surface area contributed by atoms with E-state index in [1.165, 1.54) is 24.3 Å². The molecule has 11 heteroatoms. The minimum Gasteiger partial charge on any atom is -0.415 e. The summed E-state index contributed by atoms with van der Waals surface area (Å²) in [5.74, 6) is 0.422. The number of nitrogens with zero attached hydrogens (tertiary/aromatic N) is 1. The minimum atomic E-state index is -4.49. The second-order valence-corrected chi connectivity index (χ2v) is 11.5. The van der Waals surface area contributed by atoms with Gasteiger partial charge in [0, 0.05) is 31.4 Å². The van der Waals surface area contributed by atoms with Crippen LogP contribution in [0.15, 0.2) is 72.8 Å². The highest BCUT2D eigenvalue weighted by molar-refractivity contribution is 7.72. The van der Waals surface area contributed by atoms with Crippen LogP contribution in [0.3, 0.4) is 0 Å². The maximum Gasteiger partial charge on any atom is 0.450 e. The number of benzene rings is 3. The van der Waals surface area contributed by atoms with E-state index in [0.29, 0.717) is 11.1 Å². The van der Waals surface area contributed by atoms with Gasteiger partial charge in [-0.1, -0.05) is 54.6 Å². The summed E-state index contributed by atoms with van der Waals surface area (Å²) >= 11 is 0. The SMILES string of the molecule is COP(=O)(OC)C(c1ccccc1[N+](=O)[O-])P1(=O)Oc2ccccc2-c2ccccc2O1. The van der Waals surface area contributed by atoms with Crippen molar-refractivity contribution in [2.24, 2.45) is 0 Å². The summed E-state index contributed by atoms with van der Waals surface area (Å²) in [7, 11) is -6.55. The third-order valence-corrected chi connectivity index (χ3v) is 10.4. The molecule has 0 radical (unpaired) electrons. The molecule has 0 aliphatic carbocycles. The lowest BCUT2D eigenvalue weighted by Gasteiger charge is -2.30. The summed E-state index contributed by atoms with van der Waals surface area (Å²) in [6, 6.07) is 19.1. The van der Waals surface area contributed by atoms with E-state index in [1.54, 1.807) is 48.5 Å². The van der Waals surface area contributed by atoms with E-state index < -0.39 is 31.2 Å². The number of rotatable bonds is 6. The van der Waals surface area contributed by atoms with Crippen molar-refractivity contribution >= 4 is 20.9 Å². The first kappa shape index (κ1) is 22.2. The molecule has 32 heavy (non-hydrogen) atoms. The first-order chi connectivity index (χ1) is 15.3. The second kappa shape index (κ2) is 8.52. The Morgan fingerprint density at radius 2 is 1.34 bits per heavy atom. The molecule has 166 valence electrons. The van der Waals surface area contributed by atoms with Crippen molar-refractivity contribution < 1.29 is 32.1 Å². The van der Waals surface area contributed by atoms with Crippen LogP contribution >= 0.6 is 15.2 Å². The zero-order valence-corrected chi connectivity index (χ0v) is 18.9. The lowest BCUT2D eigenvalue weighted by atomic mass is 10.0. The molecule has 1 aliphatic heterocycles. The van der Waals surface area contributed by atoms with E-state index >= 15 is 0 Å². The molecule has 0 bridgehead atoms. The van der Waals surface area contributed by atoms with Gasteiger partial charge in [-0.05, 0) is 12.1 Å². The van der Waals surface area contributed by atoms with Gasteiger partial charge in [0.05, 0.1) is 10.5 Å². The van der Waals surface area contributed by atoms with Crippen LogP contribution in [0, 0.1) is 10.1 Å². The number of nitro groups is 1. The minimum absolute atomic E-state index is 0.148. The summed E-state index contributed by atoms with van der Waals surface area (Å²) < 4.78 is 50.2. The topological polar surface area (TPSA) is 114 Å². The molecule has 3 aromatic rings. The van der Waals surface area contributed by atoms with Gasteiger partial charge < -0.3 is 18.1 Å². The smallest absolute Gasteiger partial charge is 0.415 e. The lowest BCUT2D eigenvalue weighted by molar-refractivity contribution is -0.385. The van der Waals surface area contributed by atoms with Gasteiger partial charge in [-0.25, -0.2) is 4.57 Å². The predicted molar refractivity (Wildman–Crippen MR) is 118 cm³/mol. The monoisotopic (exact) mass is 475 g/mol. The lowest BCUT2D eigenvalue weighted by Crippen LogP contribution is -2.14. The largest absolute Gasteiger partial charge is 0.450 e. The Labute approximate surface area is 184 Å². The van der Waals surface area contributed by atoms with Crippen LogP contribution in [0.25, 0.3) is 11.1 Å². The van der Waals surface area contributed by atoms with Crippen molar-refractivity contribution in [3.05, 3.63) is 88.5 Å². The van der Waals surface area contributed by atoms with E-state index in [1.807, 2.05) is 0 Å². The number of nitro benzene ring substituents is 1. The molecule has 1 unspecified atom stereocenters. The fraction of sp³-hybridized carbons (Fsp3) is 0.143. The zero-order valence-electron chi connectivity index (χ0n) is 17.1. The maximum atomic E-state index is 14.4. The summed E-state index contributed by atoms with van der Waals surface area (Å²) in [6.45, 7) is 0. The van der Waals surface area contributed by atoms with Crippen LogP contribution in [0.1, 0.15) is 11.0 Å². The molecule has 0 spiro atoms. The molecule has 0 amide bonds. The molecule has 1 atom stereocenters. The Balaban J connectivity index is 2.02. The second-order valence-electron chi connectivity index (χ2n) is 6.81. The van der Waals surface area contributed by atoms with E-state index in [0.717, 1.165) is 14.2 Å². The van der Waals surface area contributed by atoms with Crippen LogP contribution in [0.2, 0.25) is 0 Å². The molecule has 0 saturated heterocycles. The average molecular weight is 475 g/mol. The van der Waals surface area contributed by atoms with Crippen LogP contribution in [0.5, 0.6) is 11.5 Å². The van der Waals surface area contributed by atoms with E-state index in [2.05, 4.69) is 0 Å². The quantitative estimate of drug-likeness (QED) is 0.228. The van der Waals surface area contributed by atoms with Crippen molar-refractivity contribution in [2.75, 3.05) is 14.2 Å². The maximum absolute atomic E-state index is 14.4. The first-order valence-corrected chi connectivity index (χ1v) is 12.7. The number of fused-ring (bicyclic) bond motifs is 3. The molecule has 4 rings (SSSR count). The van der Waals surface area contributed by atoms with Gasteiger partial charge in [0.15, 0.2) is 0 Å². The first-order valence-electron chi connectivity index (χ1n) is 9.45. The van der Waals surface area contributed by atoms with Crippen molar-refractivity contribution in [1.82, 2.24) is 0 Å². The van der Waals surface area contributed by atoms with E-state index in [4.69, 9.17) is 18.1 Å². The zero-order chi connectivity index (χ0) is 22.9. The highest BCUT2D eigenvalue weighted by Crippen LogP contribution is 2.79. The normalized spacial score (nSPS) is 15.3. The Hall–Kier alpha value is -2.96. The summed E-state index contributed by atoms with van der Waals surface area (Å²) in [4.78, 5) is 11.1. The molecule has 1 heterocycles. The number of hydrogen-bond acceptors (Lipinski definition) is 8. The molecule has 3 aromatic carbocycles. The fourth-order valence-electron chi connectivity index (χ4n) is 3.59. The van der Waals surface area contributed by atoms with Crippen LogP contribution in [-0.4, -0.2) is 19.1 Å². The van der Waals surface area contributed by atoms with Gasteiger partial charge in [-0.3, -0.25) is 14.7 Å². The molecular formula is C21H19NO8P2. The molecule has 1 aliphatic rings.